The number of fused-ring (bicyclic) bond motifs is 6. The molecule has 0 radical (unpaired) electrons. The zero-order valence-electron chi connectivity index (χ0n) is 35.3. The van der Waals surface area contributed by atoms with Crippen LogP contribution in [0.25, 0.3) is 44.2 Å². The van der Waals surface area contributed by atoms with E-state index in [9.17, 15) is 19.2 Å². The Balaban J connectivity index is 1.11. The van der Waals surface area contributed by atoms with Gasteiger partial charge in [0, 0.05) is 23.5 Å². The molecule has 7 rings (SSSR count). The summed E-state index contributed by atoms with van der Waals surface area (Å²) < 4.78 is 16.0. The lowest BCUT2D eigenvalue weighted by atomic mass is 9.92. The van der Waals surface area contributed by atoms with Crippen molar-refractivity contribution in [1.82, 2.24) is 40.4 Å². The van der Waals surface area contributed by atoms with Crippen molar-refractivity contribution >= 4 is 45.8 Å². The minimum Gasteiger partial charge on any atom is -0.488 e. The number of benzene rings is 3. The molecule has 4 N–H and O–H groups in total. The van der Waals surface area contributed by atoms with Gasteiger partial charge < -0.3 is 44.6 Å². The van der Waals surface area contributed by atoms with Crippen LogP contribution in [0.2, 0.25) is 0 Å². The van der Waals surface area contributed by atoms with Gasteiger partial charge >= 0.3 is 12.2 Å². The fourth-order valence-electron chi connectivity index (χ4n) is 7.99. The first-order chi connectivity index (χ1) is 28.8. The highest BCUT2D eigenvalue weighted by molar-refractivity contribution is 6.07. The van der Waals surface area contributed by atoms with Crippen molar-refractivity contribution in [3.8, 4) is 28.1 Å². The summed E-state index contributed by atoms with van der Waals surface area (Å²) >= 11 is 0. The highest BCUT2D eigenvalue weighted by Crippen LogP contribution is 2.43. The Kier molecular flexibility index (Phi) is 12.2. The van der Waals surface area contributed by atoms with Gasteiger partial charge in [0.15, 0.2) is 0 Å². The first-order valence-electron chi connectivity index (χ1n) is 20.5. The molecule has 1 saturated carbocycles. The lowest BCUT2D eigenvalue weighted by Gasteiger charge is -2.29. The van der Waals surface area contributed by atoms with Crippen molar-refractivity contribution in [2.24, 2.45) is 17.8 Å². The lowest BCUT2D eigenvalue weighted by Crippen LogP contribution is -2.52. The second-order valence-corrected chi connectivity index (χ2v) is 16.3. The molecular weight excluding hydrogens is 765 g/mol. The van der Waals surface area contributed by atoms with Gasteiger partial charge in [-0.15, -0.1) is 6.58 Å². The summed E-state index contributed by atoms with van der Waals surface area (Å²) in [5.41, 5.74) is 6.44. The Bertz CT molecular complexity index is 2440. The molecule has 3 aromatic carbocycles. The van der Waals surface area contributed by atoms with Crippen molar-refractivity contribution in [3.63, 3.8) is 0 Å². The van der Waals surface area contributed by atoms with E-state index in [-0.39, 0.29) is 48.7 Å². The number of hydrogen-bond donors (Lipinski definition) is 4. The van der Waals surface area contributed by atoms with Crippen LogP contribution in [0.15, 0.2) is 61.3 Å². The van der Waals surface area contributed by atoms with Gasteiger partial charge in [-0.2, -0.15) is 0 Å². The Morgan fingerprint density at radius 1 is 0.917 bits per heavy atom. The maximum Gasteiger partial charge on any atom is 0.407 e. The molecular formula is C45H54N8O7. The van der Waals surface area contributed by atoms with E-state index in [2.05, 4.69) is 62.5 Å². The minimum absolute atomic E-state index is 0.0374. The van der Waals surface area contributed by atoms with Gasteiger partial charge in [-0.25, -0.2) is 19.6 Å². The van der Waals surface area contributed by atoms with Crippen LogP contribution in [-0.4, -0.2) is 92.6 Å². The van der Waals surface area contributed by atoms with E-state index in [1.54, 1.807) is 16.0 Å². The molecule has 316 valence electrons. The molecule has 4 atom stereocenters. The molecule has 0 saturated heterocycles. The van der Waals surface area contributed by atoms with Gasteiger partial charge in [-0.05, 0) is 76.9 Å². The van der Waals surface area contributed by atoms with Gasteiger partial charge in [-0.3, -0.25) is 9.59 Å². The molecule has 0 spiro atoms. The average molecular weight is 819 g/mol. The monoisotopic (exact) mass is 818 g/mol. The summed E-state index contributed by atoms with van der Waals surface area (Å²) in [7, 11) is 2.56. The molecule has 5 aromatic rings. The van der Waals surface area contributed by atoms with Crippen molar-refractivity contribution < 1.29 is 33.4 Å². The van der Waals surface area contributed by atoms with Gasteiger partial charge in [-0.1, -0.05) is 58.9 Å². The van der Waals surface area contributed by atoms with Crippen molar-refractivity contribution in [1.29, 1.82) is 0 Å². The summed E-state index contributed by atoms with van der Waals surface area (Å²) in [6, 6.07) is 13.0. The fraction of sp³-hybridized carbons (Fsp3) is 0.422. The maximum atomic E-state index is 14.0. The summed E-state index contributed by atoms with van der Waals surface area (Å²) in [5, 5.41) is 7.32. The molecule has 4 amide bonds. The Morgan fingerprint density at radius 2 is 1.63 bits per heavy atom. The SMILES string of the molecule is C=C[C@H]1C[C@H]1N(Cc1nc2c(ccc3cc4c(cc32)OCc2cc(-c3cnc(CN(CCC)C(=O)[C@@H](NC(=O)OC)C(C)C)[nH]3)ccc2-4)[nH]1)C(=O)[C@@H](NC(=O)OC)C(C)C. The number of aromatic amines is 2. The first-order valence-corrected chi connectivity index (χ1v) is 20.5. The van der Waals surface area contributed by atoms with Crippen LogP contribution >= 0.6 is 0 Å². The number of H-pyrrole nitrogens is 2. The van der Waals surface area contributed by atoms with Crippen LogP contribution in [0.3, 0.4) is 0 Å². The number of imidazole rings is 2. The van der Waals surface area contributed by atoms with Crippen LogP contribution in [0.4, 0.5) is 9.59 Å². The molecule has 2 aliphatic rings. The summed E-state index contributed by atoms with van der Waals surface area (Å²) in [6.07, 6.45) is 3.89. The molecule has 1 aliphatic carbocycles. The van der Waals surface area contributed by atoms with E-state index in [0.717, 1.165) is 68.3 Å². The third-order valence-electron chi connectivity index (χ3n) is 11.4. The number of alkyl carbamates (subject to hydrolysis) is 2. The van der Waals surface area contributed by atoms with E-state index < -0.39 is 24.3 Å². The fourth-order valence-corrected chi connectivity index (χ4v) is 7.99. The lowest BCUT2D eigenvalue weighted by molar-refractivity contribution is -0.136. The maximum absolute atomic E-state index is 14.0. The number of nitrogens with one attached hydrogen (secondary N) is 4. The van der Waals surface area contributed by atoms with E-state index >= 15 is 0 Å². The first kappa shape index (κ1) is 41.8. The number of aromatic nitrogens is 4. The molecule has 15 nitrogen and oxygen atoms in total. The van der Waals surface area contributed by atoms with Crippen LogP contribution in [0, 0.1) is 17.8 Å². The normalized spacial score (nSPS) is 16.4. The second-order valence-electron chi connectivity index (χ2n) is 16.3. The Labute approximate surface area is 349 Å². The number of nitrogens with zero attached hydrogens (tertiary/aromatic N) is 4. The largest absolute Gasteiger partial charge is 0.488 e. The smallest absolute Gasteiger partial charge is 0.407 e. The third-order valence-corrected chi connectivity index (χ3v) is 11.4. The van der Waals surface area contributed by atoms with Gasteiger partial charge in [0.25, 0.3) is 0 Å². The summed E-state index contributed by atoms with van der Waals surface area (Å²) in [5.74, 6) is 1.52. The zero-order valence-corrected chi connectivity index (χ0v) is 35.3. The molecule has 15 heteroatoms. The number of carbonyl (C=O) groups excluding carboxylic acids is 4. The van der Waals surface area contributed by atoms with Gasteiger partial charge in [0.05, 0.1) is 50.2 Å². The predicted molar refractivity (Wildman–Crippen MR) is 228 cm³/mol. The number of amides is 4. The van der Waals surface area contributed by atoms with E-state index in [1.807, 2.05) is 52.8 Å². The van der Waals surface area contributed by atoms with Crippen LogP contribution in [-0.2, 0) is 38.8 Å². The van der Waals surface area contributed by atoms with Gasteiger partial charge in [0.1, 0.15) is 36.1 Å². The van der Waals surface area contributed by atoms with Crippen LogP contribution < -0.4 is 15.4 Å². The molecule has 2 aromatic heterocycles. The van der Waals surface area contributed by atoms with Crippen molar-refractivity contribution in [3.05, 3.63) is 78.5 Å². The number of carbonyl (C=O) groups is 4. The molecule has 1 fully saturated rings. The number of hydrogen-bond acceptors (Lipinski definition) is 9. The van der Waals surface area contributed by atoms with E-state index in [1.165, 1.54) is 14.2 Å². The average Bonchev–Trinajstić information content (AvgIpc) is 3.66. The Hall–Kier alpha value is -6.38. The summed E-state index contributed by atoms with van der Waals surface area (Å²) in [4.78, 5) is 71.6. The Morgan fingerprint density at radius 3 is 2.28 bits per heavy atom. The van der Waals surface area contributed by atoms with E-state index in [0.29, 0.717) is 24.8 Å². The quantitative estimate of drug-likeness (QED) is 0.0803. The van der Waals surface area contributed by atoms with Crippen molar-refractivity contribution in [2.45, 2.75) is 85.3 Å². The molecule has 0 bridgehead atoms. The van der Waals surface area contributed by atoms with E-state index in [4.69, 9.17) is 19.2 Å². The highest BCUT2D eigenvalue weighted by atomic mass is 16.5. The van der Waals surface area contributed by atoms with Crippen LogP contribution in [0.1, 0.15) is 64.7 Å². The number of methoxy groups -OCH3 is 2. The molecule has 1 aliphatic heterocycles. The number of ether oxygens (including phenoxy) is 3. The topological polar surface area (TPSA) is 184 Å². The van der Waals surface area contributed by atoms with Crippen LogP contribution in [0.5, 0.6) is 5.75 Å². The zero-order chi connectivity index (χ0) is 42.8. The minimum atomic E-state index is -0.756. The van der Waals surface area contributed by atoms with Crippen molar-refractivity contribution in [2.75, 3.05) is 20.8 Å². The predicted octanol–water partition coefficient (Wildman–Crippen LogP) is 7.07. The molecule has 60 heavy (non-hydrogen) atoms. The number of rotatable bonds is 15. The molecule has 3 heterocycles. The highest BCUT2D eigenvalue weighted by Gasteiger charge is 2.44. The standard InChI is InChI=1S/C45H54N8O7/c1-9-15-52(42(54)39(24(3)4)50-44(56)58-7)21-37-46-20-34(48-37)28-11-13-30-29(16-28)23-60-36-19-31-27(17-32(30)36)12-14-33-41(31)49-38(47-33)22-53(35-18-26(35)10-2)43(55)40(25(5)6)51-45(57)59-8/h10-14,16-17,19-20,24-26,35,39-40H,2,9,15,18,21-23H2,1,3-8H3,(H,46,48)(H,47,49)(H,50,56)(H,51,57)/t26-,35+,39-,40-/m0/s1. The third kappa shape index (κ3) is 8.52. The second kappa shape index (κ2) is 17.5. The van der Waals surface area contributed by atoms with Gasteiger partial charge in [0.2, 0.25) is 11.8 Å². The summed E-state index contributed by atoms with van der Waals surface area (Å²) in [6.45, 7) is 14.9. The molecule has 0 unspecified atom stereocenters.